The van der Waals surface area contributed by atoms with Crippen LogP contribution in [0.2, 0.25) is 5.02 Å². The molecule has 1 heterocycles. The largest absolute Gasteiger partial charge is 0.495 e. The van der Waals surface area contributed by atoms with Crippen LogP contribution in [0.25, 0.3) is 0 Å². The number of ether oxygens (including phenoxy) is 1. The van der Waals surface area contributed by atoms with Crippen molar-refractivity contribution in [2.24, 2.45) is 0 Å². The SMILES string of the molecule is CNc1nc(C)cc(Nc2ccc(OC)c(Cl)c2)n1. The fourth-order valence-electron chi connectivity index (χ4n) is 1.64. The molecule has 2 aromatic rings. The van der Waals surface area contributed by atoms with Crippen LogP contribution >= 0.6 is 11.6 Å². The minimum Gasteiger partial charge on any atom is -0.495 e. The van der Waals surface area contributed by atoms with Gasteiger partial charge in [-0.25, -0.2) is 4.98 Å². The Kier molecular flexibility index (Phi) is 4.06. The number of nitrogens with zero attached hydrogens (tertiary/aromatic N) is 2. The van der Waals surface area contributed by atoms with Crippen molar-refractivity contribution in [3.05, 3.63) is 35.0 Å². The summed E-state index contributed by atoms with van der Waals surface area (Å²) in [5.74, 6) is 1.92. The Morgan fingerprint density at radius 2 is 2.00 bits per heavy atom. The summed E-state index contributed by atoms with van der Waals surface area (Å²) in [4.78, 5) is 8.54. The fourth-order valence-corrected chi connectivity index (χ4v) is 1.89. The van der Waals surface area contributed by atoms with Crippen LogP contribution in [0.15, 0.2) is 24.3 Å². The lowest BCUT2D eigenvalue weighted by molar-refractivity contribution is 0.415. The van der Waals surface area contributed by atoms with Crippen molar-refractivity contribution in [1.82, 2.24) is 9.97 Å². The number of halogens is 1. The van der Waals surface area contributed by atoms with Gasteiger partial charge in [-0.15, -0.1) is 0 Å². The van der Waals surface area contributed by atoms with Crippen LogP contribution in [-0.4, -0.2) is 24.1 Å². The Labute approximate surface area is 117 Å². The third-order valence-electron chi connectivity index (χ3n) is 2.50. The van der Waals surface area contributed by atoms with Crippen LogP contribution < -0.4 is 15.4 Å². The van der Waals surface area contributed by atoms with E-state index in [9.17, 15) is 0 Å². The average molecular weight is 279 g/mol. The maximum atomic E-state index is 6.08. The molecule has 0 saturated heterocycles. The van der Waals surface area contributed by atoms with Crippen LogP contribution in [0.4, 0.5) is 17.5 Å². The molecule has 0 unspecified atom stereocenters. The Morgan fingerprint density at radius 3 is 2.63 bits per heavy atom. The molecule has 6 heteroatoms. The van der Waals surface area contributed by atoms with Gasteiger partial charge in [0.2, 0.25) is 5.95 Å². The highest BCUT2D eigenvalue weighted by molar-refractivity contribution is 6.32. The summed E-state index contributed by atoms with van der Waals surface area (Å²) in [6, 6.07) is 7.33. The molecule has 0 radical (unpaired) electrons. The predicted octanol–water partition coefficient (Wildman–Crippen LogP) is 3.23. The highest BCUT2D eigenvalue weighted by atomic mass is 35.5. The van der Waals surface area contributed by atoms with Gasteiger partial charge in [-0.05, 0) is 25.1 Å². The van der Waals surface area contributed by atoms with Crippen molar-refractivity contribution in [3.8, 4) is 5.75 Å². The summed E-state index contributed by atoms with van der Waals surface area (Å²) >= 11 is 6.08. The summed E-state index contributed by atoms with van der Waals surface area (Å²) < 4.78 is 5.11. The first kappa shape index (κ1) is 13.4. The summed E-state index contributed by atoms with van der Waals surface area (Å²) in [5, 5.41) is 6.64. The Balaban J connectivity index is 2.25. The Hall–Kier alpha value is -2.01. The molecule has 100 valence electrons. The lowest BCUT2D eigenvalue weighted by Crippen LogP contribution is -2.02. The van der Waals surface area contributed by atoms with E-state index in [-0.39, 0.29) is 0 Å². The molecular formula is C13H15ClN4O. The van der Waals surface area contributed by atoms with Crippen molar-refractivity contribution in [1.29, 1.82) is 0 Å². The quantitative estimate of drug-likeness (QED) is 0.899. The van der Waals surface area contributed by atoms with Gasteiger partial charge >= 0.3 is 0 Å². The van der Waals surface area contributed by atoms with Crippen molar-refractivity contribution in [2.45, 2.75) is 6.92 Å². The van der Waals surface area contributed by atoms with Crippen molar-refractivity contribution in [2.75, 3.05) is 24.8 Å². The molecule has 1 aromatic carbocycles. The lowest BCUT2D eigenvalue weighted by atomic mass is 10.3. The zero-order valence-electron chi connectivity index (χ0n) is 11.0. The summed E-state index contributed by atoms with van der Waals surface area (Å²) in [6.45, 7) is 1.91. The number of rotatable bonds is 4. The number of aryl methyl sites for hydroxylation is 1. The second-order valence-electron chi connectivity index (χ2n) is 3.94. The summed E-state index contributed by atoms with van der Waals surface area (Å²) in [5.41, 5.74) is 1.72. The van der Waals surface area contributed by atoms with Crippen LogP contribution in [0.1, 0.15) is 5.69 Å². The van der Waals surface area contributed by atoms with Gasteiger partial charge < -0.3 is 15.4 Å². The second kappa shape index (κ2) is 5.75. The van der Waals surface area contributed by atoms with E-state index < -0.39 is 0 Å². The summed E-state index contributed by atoms with van der Waals surface area (Å²) in [7, 11) is 3.37. The molecule has 0 aliphatic carbocycles. The van der Waals surface area contributed by atoms with Crippen LogP contribution in [0.3, 0.4) is 0 Å². The van der Waals surface area contributed by atoms with E-state index in [1.807, 2.05) is 19.1 Å². The van der Waals surface area contributed by atoms with Gasteiger partial charge in [-0.1, -0.05) is 11.6 Å². The monoisotopic (exact) mass is 278 g/mol. The smallest absolute Gasteiger partial charge is 0.224 e. The normalized spacial score (nSPS) is 10.1. The lowest BCUT2D eigenvalue weighted by Gasteiger charge is -2.10. The number of benzene rings is 1. The second-order valence-corrected chi connectivity index (χ2v) is 4.35. The van der Waals surface area contributed by atoms with Gasteiger partial charge in [0.25, 0.3) is 0 Å². The van der Waals surface area contributed by atoms with E-state index >= 15 is 0 Å². The van der Waals surface area contributed by atoms with Crippen LogP contribution in [0, 0.1) is 6.92 Å². The minimum absolute atomic E-state index is 0.548. The Bertz CT molecular complexity index is 589. The number of hydrogen-bond acceptors (Lipinski definition) is 5. The van der Waals surface area contributed by atoms with Crippen molar-refractivity contribution in [3.63, 3.8) is 0 Å². The molecule has 5 nitrogen and oxygen atoms in total. The summed E-state index contributed by atoms with van der Waals surface area (Å²) in [6.07, 6.45) is 0. The van der Waals surface area contributed by atoms with Gasteiger partial charge in [0.15, 0.2) is 0 Å². The minimum atomic E-state index is 0.548. The molecule has 0 aliphatic rings. The van der Waals surface area contributed by atoms with E-state index in [2.05, 4.69) is 20.6 Å². The molecule has 0 atom stereocenters. The van der Waals surface area contributed by atoms with Gasteiger partial charge in [0.05, 0.1) is 12.1 Å². The molecule has 0 spiro atoms. The molecule has 2 N–H and O–H groups in total. The van der Waals surface area contributed by atoms with Gasteiger partial charge in [0, 0.05) is 24.5 Å². The van der Waals surface area contributed by atoms with E-state index in [0.717, 1.165) is 11.4 Å². The highest BCUT2D eigenvalue weighted by Gasteiger charge is 2.04. The van der Waals surface area contributed by atoms with E-state index in [4.69, 9.17) is 16.3 Å². The number of hydrogen-bond donors (Lipinski definition) is 2. The molecule has 0 fully saturated rings. The van der Waals surface area contributed by atoms with Gasteiger partial charge in [-0.3, -0.25) is 0 Å². The van der Waals surface area contributed by atoms with E-state index in [1.54, 1.807) is 26.3 Å². The number of aromatic nitrogens is 2. The Morgan fingerprint density at radius 1 is 1.21 bits per heavy atom. The maximum Gasteiger partial charge on any atom is 0.224 e. The van der Waals surface area contributed by atoms with Gasteiger partial charge in [0.1, 0.15) is 11.6 Å². The molecule has 0 amide bonds. The highest BCUT2D eigenvalue weighted by Crippen LogP contribution is 2.28. The zero-order chi connectivity index (χ0) is 13.8. The third kappa shape index (κ3) is 3.26. The molecule has 0 aliphatic heterocycles. The molecule has 0 saturated carbocycles. The van der Waals surface area contributed by atoms with Crippen molar-refractivity contribution < 1.29 is 4.74 Å². The first-order valence-corrected chi connectivity index (χ1v) is 6.14. The number of methoxy groups -OCH3 is 1. The molecule has 19 heavy (non-hydrogen) atoms. The maximum absolute atomic E-state index is 6.08. The first-order chi connectivity index (χ1) is 9.12. The van der Waals surface area contributed by atoms with E-state index in [0.29, 0.717) is 22.5 Å². The molecular weight excluding hydrogens is 264 g/mol. The van der Waals surface area contributed by atoms with Crippen LogP contribution in [0.5, 0.6) is 5.75 Å². The standard InChI is InChI=1S/C13H15ClN4O/c1-8-6-12(18-13(15-2)16-8)17-9-4-5-11(19-3)10(14)7-9/h4-7H,1-3H3,(H2,15,16,17,18). The molecule has 0 bridgehead atoms. The fraction of sp³-hybridized carbons (Fsp3) is 0.231. The predicted molar refractivity (Wildman–Crippen MR) is 77.6 cm³/mol. The first-order valence-electron chi connectivity index (χ1n) is 5.76. The van der Waals surface area contributed by atoms with Gasteiger partial charge in [-0.2, -0.15) is 4.98 Å². The van der Waals surface area contributed by atoms with Crippen LogP contribution in [-0.2, 0) is 0 Å². The average Bonchev–Trinajstić information content (AvgIpc) is 2.38. The van der Waals surface area contributed by atoms with Crippen molar-refractivity contribution >= 4 is 29.1 Å². The molecule has 2 rings (SSSR count). The topological polar surface area (TPSA) is 59.1 Å². The molecule has 1 aromatic heterocycles. The van der Waals surface area contributed by atoms with E-state index in [1.165, 1.54) is 0 Å². The number of anilines is 3. The number of nitrogens with one attached hydrogen (secondary N) is 2. The third-order valence-corrected chi connectivity index (χ3v) is 2.80. The zero-order valence-corrected chi connectivity index (χ0v) is 11.7.